The molecule has 0 amide bonds. The fraction of sp³-hybridized carbons (Fsp3) is 0.471. The zero-order valence-corrected chi connectivity index (χ0v) is 14.0. The van der Waals surface area contributed by atoms with Crippen molar-refractivity contribution >= 4 is 25.4 Å². The van der Waals surface area contributed by atoms with Crippen LogP contribution >= 0.6 is 0 Å². The van der Waals surface area contributed by atoms with Gasteiger partial charge in [0.05, 0.1) is 0 Å². The van der Waals surface area contributed by atoms with E-state index in [1.54, 1.807) is 6.08 Å². The Labute approximate surface area is 132 Å². The van der Waals surface area contributed by atoms with Crippen molar-refractivity contribution in [3.05, 3.63) is 43.0 Å². The normalized spacial score (nSPS) is 24.4. The topological polar surface area (TPSA) is 46.5 Å². The predicted octanol–water partition coefficient (Wildman–Crippen LogP) is 1.94. The van der Waals surface area contributed by atoms with Crippen LogP contribution in [0.5, 0.6) is 0 Å². The van der Waals surface area contributed by atoms with Crippen molar-refractivity contribution in [1.82, 2.24) is 0 Å². The zero-order chi connectivity index (χ0) is 15.2. The Bertz CT molecular complexity index is 474. The second-order valence-electron chi connectivity index (χ2n) is 5.31. The molecule has 3 nitrogen and oxygen atoms in total. The van der Waals surface area contributed by atoms with Crippen LogP contribution in [0.4, 0.5) is 0 Å². The quantitative estimate of drug-likeness (QED) is 0.463. The number of hydrogen-bond donors (Lipinski definition) is 1. The number of benzene rings is 1. The van der Waals surface area contributed by atoms with Crippen LogP contribution in [0.2, 0.25) is 4.82 Å². The Morgan fingerprint density at radius 2 is 2.19 bits per heavy atom. The molecule has 4 atom stereocenters. The fourth-order valence-electron chi connectivity index (χ4n) is 2.73. The van der Waals surface area contributed by atoms with Gasteiger partial charge >= 0.3 is 132 Å². The summed E-state index contributed by atoms with van der Waals surface area (Å²) in [4.78, 5) is 12.1. The van der Waals surface area contributed by atoms with Gasteiger partial charge in [-0.1, -0.05) is 0 Å². The molecular formula is C17H22O3Se. The number of allylic oxidation sites excluding steroid dienone is 1. The Morgan fingerprint density at radius 3 is 2.81 bits per heavy atom. The van der Waals surface area contributed by atoms with Gasteiger partial charge in [-0.15, -0.1) is 0 Å². The first-order valence-electron chi connectivity index (χ1n) is 7.34. The minimum atomic E-state index is -0.629. The van der Waals surface area contributed by atoms with E-state index in [9.17, 15) is 9.90 Å². The van der Waals surface area contributed by atoms with Crippen LogP contribution in [-0.2, 0) is 9.53 Å². The molecule has 1 aliphatic rings. The third-order valence-electron chi connectivity index (χ3n) is 3.87. The molecule has 21 heavy (non-hydrogen) atoms. The average Bonchev–Trinajstić information content (AvgIpc) is 2.86. The molecule has 0 spiro atoms. The second kappa shape index (κ2) is 7.79. The van der Waals surface area contributed by atoms with Crippen LogP contribution in [0.1, 0.15) is 19.8 Å². The van der Waals surface area contributed by atoms with Crippen molar-refractivity contribution in [3.8, 4) is 0 Å². The summed E-state index contributed by atoms with van der Waals surface area (Å²) in [5.74, 6) is -0.596. The molecule has 0 saturated carbocycles. The maximum absolute atomic E-state index is 12.0. The van der Waals surface area contributed by atoms with Crippen LogP contribution in [0.15, 0.2) is 43.0 Å². The molecule has 2 rings (SSSR count). The summed E-state index contributed by atoms with van der Waals surface area (Å²) in [7, 11) is 0. The number of carbonyl (C=O) groups is 1. The Morgan fingerprint density at radius 1 is 1.48 bits per heavy atom. The van der Waals surface area contributed by atoms with Crippen LogP contribution in [0.3, 0.4) is 0 Å². The molecule has 1 N–H and O–H groups in total. The first-order valence-corrected chi connectivity index (χ1v) is 9.19. The summed E-state index contributed by atoms with van der Waals surface area (Å²) in [6, 6.07) is 10.2. The van der Waals surface area contributed by atoms with Gasteiger partial charge in [0, 0.05) is 0 Å². The predicted molar refractivity (Wildman–Crippen MR) is 84.6 cm³/mol. The molecule has 1 fully saturated rings. The molecule has 0 aromatic heterocycles. The number of aliphatic hydroxyl groups excluding tert-OH is 1. The molecule has 1 aliphatic heterocycles. The van der Waals surface area contributed by atoms with Crippen LogP contribution < -0.4 is 4.46 Å². The third-order valence-corrected chi connectivity index (χ3v) is 6.93. The summed E-state index contributed by atoms with van der Waals surface area (Å²) < 4.78 is 6.41. The molecule has 4 heteroatoms. The van der Waals surface area contributed by atoms with E-state index >= 15 is 0 Å². The standard InChI is InChI=1S/C17H22O3Se/c1-3-8-12-11-20-17(19)15(12)16(18)14(4-2)21-13-9-6-5-7-10-13/h3,5-7,9-10,12,14-16,18H,1,4,8,11H2,2H3/t12-,14?,15-,16?/m0/s1. The van der Waals surface area contributed by atoms with Gasteiger partial charge < -0.3 is 0 Å². The van der Waals surface area contributed by atoms with Gasteiger partial charge in [-0.2, -0.15) is 0 Å². The monoisotopic (exact) mass is 354 g/mol. The number of hydrogen-bond acceptors (Lipinski definition) is 3. The van der Waals surface area contributed by atoms with Crippen molar-refractivity contribution in [3.63, 3.8) is 0 Å². The van der Waals surface area contributed by atoms with Crippen LogP contribution in [0.25, 0.3) is 0 Å². The van der Waals surface area contributed by atoms with Gasteiger partial charge in [0.2, 0.25) is 0 Å². The van der Waals surface area contributed by atoms with Crippen molar-refractivity contribution in [1.29, 1.82) is 0 Å². The number of ether oxygens (including phenoxy) is 1. The van der Waals surface area contributed by atoms with Gasteiger partial charge in [0.15, 0.2) is 0 Å². The molecule has 1 saturated heterocycles. The van der Waals surface area contributed by atoms with Gasteiger partial charge in [0.25, 0.3) is 0 Å². The van der Waals surface area contributed by atoms with Crippen LogP contribution in [-0.4, -0.2) is 38.7 Å². The van der Waals surface area contributed by atoms with Gasteiger partial charge in [-0.05, 0) is 0 Å². The molecule has 1 aromatic carbocycles. The molecule has 0 radical (unpaired) electrons. The van der Waals surface area contributed by atoms with E-state index in [0.29, 0.717) is 13.0 Å². The first kappa shape index (κ1) is 16.3. The molecular weight excluding hydrogens is 331 g/mol. The molecule has 1 aromatic rings. The van der Waals surface area contributed by atoms with E-state index in [0.717, 1.165) is 6.42 Å². The second-order valence-corrected chi connectivity index (χ2v) is 8.06. The molecule has 114 valence electrons. The van der Waals surface area contributed by atoms with E-state index < -0.39 is 12.0 Å². The van der Waals surface area contributed by atoms with Gasteiger partial charge in [0.1, 0.15) is 0 Å². The van der Waals surface area contributed by atoms with Crippen LogP contribution in [0, 0.1) is 11.8 Å². The van der Waals surface area contributed by atoms with Crippen molar-refractivity contribution in [2.24, 2.45) is 11.8 Å². The van der Waals surface area contributed by atoms with Crippen molar-refractivity contribution in [2.45, 2.75) is 30.7 Å². The summed E-state index contributed by atoms with van der Waals surface area (Å²) in [6.07, 6.45) is 2.74. The van der Waals surface area contributed by atoms with Gasteiger partial charge in [-0.25, -0.2) is 0 Å². The molecule has 0 aliphatic carbocycles. The number of cyclic esters (lactones) is 1. The minimum absolute atomic E-state index is 0.0608. The summed E-state index contributed by atoms with van der Waals surface area (Å²) in [6.45, 7) is 6.21. The molecule has 1 heterocycles. The van der Waals surface area contributed by atoms with E-state index in [4.69, 9.17) is 4.74 Å². The summed E-state index contributed by atoms with van der Waals surface area (Å²) in [5, 5.41) is 10.7. The first-order chi connectivity index (χ1) is 10.2. The maximum atomic E-state index is 12.0. The number of esters is 1. The fourth-order valence-corrected chi connectivity index (χ4v) is 5.12. The Balaban J connectivity index is 2.09. The number of rotatable bonds is 7. The zero-order valence-electron chi connectivity index (χ0n) is 12.3. The summed E-state index contributed by atoms with van der Waals surface area (Å²) >= 11 is 0.150. The van der Waals surface area contributed by atoms with Crippen molar-refractivity contribution < 1.29 is 14.6 Å². The van der Waals surface area contributed by atoms with E-state index in [1.165, 1.54) is 4.46 Å². The van der Waals surface area contributed by atoms with E-state index in [1.807, 2.05) is 18.2 Å². The van der Waals surface area contributed by atoms with E-state index in [-0.39, 0.29) is 31.7 Å². The Kier molecular flexibility index (Phi) is 6.04. The van der Waals surface area contributed by atoms with Crippen molar-refractivity contribution in [2.75, 3.05) is 6.61 Å². The molecule has 0 bridgehead atoms. The molecule has 2 unspecified atom stereocenters. The van der Waals surface area contributed by atoms with Gasteiger partial charge in [-0.3, -0.25) is 0 Å². The number of aliphatic hydroxyl groups is 1. The third kappa shape index (κ3) is 3.97. The Hall–Kier alpha value is -1.09. The van der Waals surface area contributed by atoms with E-state index in [2.05, 4.69) is 25.6 Å². The SMILES string of the molecule is C=CC[C@H]1COC(=O)[C@@H]1C(O)C(CC)[Se]c1ccccc1. The average molecular weight is 353 g/mol. The summed E-state index contributed by atoms with van der Waals surface area (Å²) in [5.41, 5.74) is 0. The number of carbonyl (C=O) groups excluding carboxylic acids is 1.